The minimum atomic E-state index is -0.0880. The fourth-order valence-corrected chi connectivity index (χ4v) is 3.56. The van der Waals surface area contributed by atoms with Gasteiger partial charge in [-0.2, -0.15) is 0 Å². The Morgan fingerprint density at radius 2 is 1.79 bits per heavy atom. The number of thiophene rings is 1. The van der Waals surface area contributed by atoms with E-state index in [0.29, 0.717) is 6.54 Å². The molecule has 1 aromatic carbocycles. The first kappa shape index (κ1) is 18.2. The van der Waals surface area contributed by atoms with Gasteiger partial charge in [-0.3, -0.25) is 9.59 Å². The highest BCUT2D eigenvalue weighted by atomic mass is 32.1. The van der Waals surface area contributed by atoms with E-state index in [4.69, 9.17) is 0 Å². The van der Waals surface area contributed by atoms with Crippen molar-refractivity contribution in [2.75, 3.05) is 6.54 Å². The van der Waals surface area contributed by atoms with Crippen LogP contribution in [-0.2, 0) is 16.0 Å². The third-order valence-corrected chi connectivity index (χ3v) is 4.92. The van der Waals surface area contributed by atoms with Crippen LogP contribution in [-0.4, -0.2) is 18.4 Å². The lowest BCUT2D eigenvalue weighted by molar-refractivity contribution is -0.126. The predicted octanol–water partition coefficient (Wildman–Crippen LogP) is 3.37. The molecule has 0 aliphatic rings. The number of benzene rings is 1. The van der Waals surface area contributed by atoms with Gasteiger partial charge in [0.1, 0.15) is 0 Å². The van der Waals surface area contributed by atoms with E-state index < -0.39 is 0 Å². The predicted molar refractivity (Wildman–Crippen MR) is 98.0 cm³/mol. The third-order valence-electron chi connectivity index (χ3n) is 3.79. The molecule has 0 aliphatic carbocycles. The van der Waals surface area contributed by atoms with Crippen molar-refractivity contribution in [3.05, 3.63) is 57.8 Å². The Kier molecular flexibility index (Phi) is 7.00. The van der Waals surface area contributed by atoms with E-state index in [0.717, 1.165) is 6.42 Å². The van der Waals surface area contributed by atoms with Gasteiger partial charge < -0.3 is 10.6 Å². The Labute approximate surface area is 147 Å². The van der Waals surface area contributed by atoms with Gasteiger partial charge in [0, 0.05) is 24.3 Å². The molecule has 0 fully saturated rings. The Morgan fingerprint density at radius 3 is 2.42 bits per heavy atom. The van der Waals surface area contributed by atoms with E-state index in [1.54, 1.807) is 11.3 Å². The van der Waals surface area contributed by atoms with Crippen LogP contribution in [0.4, 0.5) is 0 Å². The lowest BCUT2D eigenvalue weighted by Crippen LogP contribution is -2.31. The van der Waals surface area contributed by atoms with Gasteiger partial charge in [0.2, 0.25) is 11.8 Å². The number of aryl methyl sites for hydroxylation is 1. The van der Waals surface area contributed by atoms with E-state index in [2.05, 4.69) is 35.8 Å². The highest BCUT2D eigenvalue weighted by Gasteiger charge is 2.18. The highest BCUT2D eigenvalue weighted by molar-refractivity contribution is 7.10. The zero-order valence-corrected chi connectivity index (χ0v) is 15.0. The Bertz CT molecular complexity index is 667. The van der Waals surface area contributed by atoms with E-state index in [1.165, 1.54) is 16.0 Å². The van der Waals surface area contributed by atoms with Gasteiger partial charge in [0.05, 0.1) is 6.04 Å². The Balaban J connectivity index is 2.02. The summed E-state index contributed by atoms with van der Waals surface area (Å²) < 4.78 is 0. The van der Waals surface area contributed by atoms with Crippen molar-refractivity contribution >= 4 is 23.2 Å². The second kappa shape index (κ2) is 9.23. The molecule has 2 aromatic rings. The van der Waals surface area contributed by atoms with Crippen molar-refractivity contribution in [1.29, 1.82) is 0 Å². The van der Waals surface area contributed by atoms with Crippen LogP contribution < -0.4 is 10.6 Å². The number of hydrogen-bond donors (Lipinski definition) is 2. The van der Waals surface area contributed by atoms with Gasteiger partial charge >= 0.3 is 0 Å². The monoisotopic (exact) mass is 344 g/mol. The average Bonchev–Trinajstić information content (AvgIpc) is 3.00. The van der Waals surface area contributed by atoms with E-state index in [-0.39, 0.29) is 30.7 Å². The Hall–Kier alpha value is -2.14. The summed E-state index contributed by atoms with van der Waals surface area (Å²) in [7, 11) is 0. The minimum Gasteiger partial charge on any atom is -0.356 e. The van der Waals surface area contributed by atoms with Crippen molar-refractivity contribution in [1.82, 2.24) is 10.6 Å². The van der Waals surface area contributed by atoms with Gasteiger partial charge in [-0.05, 0) is 42.8 Å². The second-order valence-electron chi connectivity index (χ2n) is 5.73. The van der Waals surface area contributed by atoms with Gasteiger partial charge in [-0.25, -0.2) is 0 Å². The molecule has 2 N–H and O–H groups in total. The summed E-state index contributed by atoms with van der Waals surface area (Å²) in [6, 6.07) is 12.1. The molecule has 0 bridgehead atoms. The van der Waals surface area contributed by atoms with Crippen molar-refractivity contribution in [3.63, 3.8) is 0 Å². The van der Waals surface area contributed by atoms with Crippen molar-refractivity contribution in [2.45, 2.75) is 39.2 Å². The molecule has 0 radical (unpaired) electrons. The molecule has 0 unspecified atom stereocenters. The number of carbonyl (C=O) groups is 2. The number of hydrogen-bond acceptors (Lipinski definition) is 3. The molecule has 0 saturated heterocycles. The molecule has 2 amide bonds. The van der Waals surface area contributed by atoms with Gasteiger partial charge in [-0.1, -0.05) is 30.3 Å². The van der Waals surface area contributed by atoms with Crippen LogP contribution >= 0.6 is 11.3 Å². The first-order valence-electron chi connectivity index (χ1n) is 8.24. The maximum Gasteiger partial charge on any atom is 0.221 e. The number of nitrogens with one attached hydrogen (secondary N) is 2. The van der Waals surface area contributed by atoms with Crippen LogP contribution in [0.2, 0.25) is 0 Å². The van der Waals surface area contributed by atoms with E-state index in [9.17, 15) is 9.59 Å². The first-order valence-corrected chi connectivity index (χ1v) is 9.12. The standard InChI is InChI=1S/C19H24N2O2S/c1-3-20-17(22)9-10-18(23)21-16(19-14(2)11-12-24-19)13-15-7-5-4-6-8-15/h4-8,11-12,16H,3,9-10,13H2,1-2H3,(H,20,22)(H,21,23)/t16-/m0/s1. The van der Waals surface area contributed by atoms with Crippen LogP contribution in [0.25, 0.3) is 0 Å². The number of carbonyl (C=O) groups excluding carboxylic acids is 2. The lowest BCUT2D eigenvalue weighted by Gasteiger charge is -2.19. The number of rotatable bonds is 8. The zero-order valence-electron chi connectivity index (χ0n) is 14.2. The topological polar surface area (TPSA) is 58.2 Å². The fraction of sp³-hybridized carbons (Fsp3) is 0.368. The van der Waals surface area contributed by atoms with Crippen molar-refractivity contribution in [2.24, 2.45) is 0 Å². The summed E-state index contributed by atoms with van der Waals surface area (Å²) in [5, 5.41) is 7.86. The molecule has 0 spiro atoms. The second-order valence-corrected chi connectivity index (χ2v) is 6.68. The summed E-state index contributed by atoms with van der Waals surface area (Å²) >= 11 is 1.66. The summed E-state index contributed by atoms with van der Waals surface area (Å²) in [6.45, 7) is 4.52. The zero-order chi connectivity index (χ0) is 17.4. The summed E-state index contributed by atoms with van der Waals surface area (Å²) in [5.74, 6) is -0.172. The van der Waals surface area contributed by atoms with Crippen LogP contribution in [0.15, 0.2) is 41.8 Å². The summed E-state index contributed by atoms with van der Waals surface area (Å²) in [5.41, 5.74) is 2.37. The minimum absolute atomic E-state index is 0.0610. The van der Waals surface area contributed by atoms with E-state index >= 15 is 0 Å². The fourth-order valence-electron chi connectivity index (χ4n) is 2.58. The van der Waals surface area contributed by atoms with Gasteiger partial charge in [0.25, 0.3) is 0 Å². The van der Waals surface area contributed by atoms with Crippen LogP contribution in [0, 0.1) is 6.92 Å². The molecular weight excluding hydrogens is 320 g/mol. The normalized spacial score (nSPS) is 11.8. The maximum absolute atomic E-state index is 12.3. The molecule has 1 atom stereocenters. The van der Waals surface area contributed by atoms with Gasteiger partial charge in [0.15, 0.2) is 0 Å². The molecule has 5 heteroatoms. The lowest BCUT2D eigenvalue weighted by atomic mass is 10.0. The molecule has 4 nitrogen and oxygen atoms in total. The van der Waals surface area contributed by atoms with Crippen molar-refractivity contribution in [3.8, 4) is 0 Å². The quantitative estimate of drug-likeness (QED) is 0.771. The van der Waals surface area contributed by atoms with Crippen LogP contribution in [0.5, 0.6) is 0 Å². The largest absolute Gasteiger partial charge is 0.356 e. The molecular formula is C19H24N2O2S. The smallest absolute Gasteiger partial charge is 0.221 e. The van der Waals surface area contributed by atoms with Crippen molar-refractivity contribution < 1.29 is 9.59 Å². The number of amides is 2. The average molecular weight is 344 g/mol. The first-order chi connectivity index (χ1) is 11.6. The summed E-state index contributed by atoms with van der Waals surface area (Å²) in [6.07, 6.45) is 1.18. The Morgan fingerprint density at radius 1 is 1.08 bits per heavy atom. The molecule has 1 aromatic heterocycles. The molecule has 2 rings (SSSR count). The molecule has 128 valence electrons. The molecule has 0 aliphatic heterocycles. The van der Waals surface area contributed by atoms with Crippen LogP contribution in [0.3, 0.4) is 0 Å². The highest BCUT2D eigenvalue weighted by Crippen LogP contribution is 2.27. The molecule has 24 heavy (non-hydrogen) atoms. The van der Waals surface area contributed by atoms with Crippen LogP contribution in [0.1, 0.15) is 41.8 Å². The van der Waals surface area contributed by atoms with Gasteiger partial charge in [-0.15, -0.1) is 11.3 Å². The third kappa shape index (κ3) is 5.49. The molecule has 0 saturated carbocycles. The SMILES string of the molecule is CCNC(=O)CCC(=O)N[C@@H](Cc1ccccc1)c1sccc1C. The molecule has 1 heterocycles. The summed E-state index contributed by atoms with van der Waals surface area (Å²) in [4.78, 5) is 25.0. The van der Waals surface area contributed by atoms with E-state index in [1.807, 2.05) is 30.5 Å². The maximum atomic E-state index is 12.3.